The van der Waals surface area contributed by atoms with Crippen molar-refractivity contribution in [1.29, 1.82) is 0 Å². The number of hydrogen-bond donors (Lipinski definition) is 1. The molecule has 0 saturated heterocycles. The minimum Gasteiger partial charge on any atom is -0.389 e. The van der Waals surface area contributed by atoms with Crippen LogP contribution in [0.1, 0.15) is 29.7 Å². The average Bonchev–Trinajstić information content (AvgIpc) is 2.70. The van der Waals surface area contributed by atoms with E-state index < -0.39 is 23.5 Å². The van der Waals surface area contributed by atoms with E-state index in [1.807, 2.05) is 0 Å². The molecule has 1 atom stereocenters. The zero-order chi connectivity index (χ0) is 16.8. The van der Waals surface area contributed by atoms with Gasteiger partial charge in [0, 0.05) is 18.0 Å². The van der Waals surface area contributed by atoms with Crippen LogP contribution in [-0.2, 0) is 17.3 Å². The van der Waals surface area contributed by atoms with Crippen molar-refractivity contribution < 1.29 is 18.7 Å². The second kappa shape index (κ2) is 5.50. The Kier molecular flexibility index (Phi) is 3.77. The lowest BCUT2D eigenvalue weighted by Crippen LogP contribution is -2.34. The van der Waals surface area contributed by atoms with Crippen LogP contribution in [0, 0.1) is 0 Å². The molecule has 0 bridgehead atoms. The van der Waals surface area contributed by atoms with Crippen LogP contribution >= 0.6 is 11.6 Å². The minimum absolute atomic E-state index is 0.0311. The first-order valence-electron chi connectivity index (χ1n) is 6.80. The number of amides is 1. The van der Waals surface area contributed by atoms with Gasteiger partial charge >= 0.3 is 11.8 Å². The van der Waals surface area contributed by atoms with E-state index in [0.29, 0.717) is 5.56 Å². The summed E-state index contributed by atoms with van der Waals surface area (Å²) in [4.78, 5) is 20.7. The molecular formula is C15H12ClF2N3O2. The predicted molar refractivity (Wildman–Crippen MR) is 79.2 cm³/mol. The molecule has 1 aliphatic rings. The quantitative estimate of drug-likeness (QED) is 0.873. The topological polar surface area (TPSA) is 66.3 Å². The van der Waals surface area contributed by atoms with Crippen LogP contribution in [0.2, 0.25) is 5.28 Å². The van der Waals surface area contributed by atoms with Crippen LogP contribution in [0.25, 0.3) is 0 Å². The molecule has 2 aromatic rings. The predicted octanol–water partition coefficient (Wildman–Crippen LogP) is 2.82. The number of hydrogen-bond acceptors (Lipinski definition) is 4. The average molecular weight is 340 g/mol. The molecule has 0 fully saturated rings. The lowest BCUT2D eigenvalue weighted by atomic mass is 9.98. The minimum atomic E-state index is -3.68. The van der Waals surface area contributed by atoms with Crippen molar-refractivity contribution in [2.75, 3.05) is 4.90 Å². The molecule has 5 nitrogen and oxygen atoms in total. The Labute approximate surface area is 135 Å². The summed E-state index contributed by atoms with van der Waals surface area (Å²) in [6.07, 6.45) is 1.64. The molecule has 1 amide bonds. The van der Waals surface area contributed by atoms with E-state index in [0.717, 1.165) is 4.90 Å². The number of alkyl halides is 2. The van der Waals surface area contributed by atoms with E-state index in [9.17, 15) is 18.7 Å². The van der Waals surface area contributed by atoms with Gasteiger partial charge < -0.3 is 10.0 Å². The molecule has 0 spiro atoms. The summed E-state index contributed by atoms with van der Waals surface area (Å²) >= 11 is 5.59. The van der Waals surface area contributed by atoms with E-state index in [4.69, 9.17) is 11.6 Å². The number of aliphatic hydroxyl groups excluding tert-OH is 1. The van der Waals surface area contributed by atoms with Gasteiger partial charge in [-0.05, 0) is 30.2 Å². The van der Waals surface area contributed by atoms with Gasteiger partial charge in [0.15, 0.2) is 0 Å². The second-order valence-electron chi connectivity index (χ2n) is 5.24. The van der Waals surface area contributed by atoms with Gasteiger partial charge in [-0.3, -0.25) is 4.79 Å². The molecule has 1 aromatic heterocycles. The maximum absolute atomic E-state index is 14.4. The van der Waals surface area contributed by atoms with Gasteiger partial charge in [0.1, 0.15) is 0 Å². The number of nitrogens with zero attached hydrogens (tertiary/aromatic N) is 3. The van der Waals surface area contributed by atoms with Gasteiger partial charge in [-0.15, -0.1) is 0 Å². The van der Waals surface area contributed by atoms with Crippen LogP contribution in [-0.4, -0.2) is 21.0 Å². The van der Waals surface area contributed by atoms with Gasteiger partial charge in [0.25, 0.3) is 0 Å². The molecular weight excluding hydrogens is 328 g/mol. The van der Waals surface area contributed by atoms with Gasteiger partial charge in [0.05, 0.1) is 23.9 Å². The largest absolute Gasteiger partial charge is 0.389 e. The van der Waals surface area contributed by atoms with Crippen LogP contribution in [0.5, 0.6) is 0 Å². The third-order valence-electron chi connectivity index (χ3n) is 3.66. The molecule has 3 rings (SSSR count). The number of rotatable bonds is 3. The Balaban J connectivity index is 2.06. The van der Waals surface area contributed by atoms with Crippen molar-refractivity contribution in [1.82, 2.24) is 9.97 Å². The molecule has 0 unspecified atom stereocenters. The molecule has 0 aliphatic carbocycles. The highest BCUT2D eigenvalue weighted by molar-refractivity contribution is 6.28. The lowest BCUT2D eigenvalue weighted by Gasteiger charge is -2.17. The Bertz CT molecular complexity index is 766. The number of halogens is 3. The monoisotopic (exact) mass is 339 g/mol. The Hall–Kier alpha value is -2.12. The van der Waals surface area contributed by atoms with Gasteiger partial charge in [-0.25, -0.2) is 9.97 Å². The molecule has 0 saturated carbocycles. The van der Waals surface area contributed by atoms with Crippen molar-refractivity contribution >= 4 is 23.2 Å². The maximum atomic E-state index is 14.4. The first-order valence-corrected chi connectivity index (χ1v) is 7.18. The molecule has 0 radical (unpaired) electrons. The van der Waals surface area contributed by atoms with Crippen molar-refractivity contribution in [3.8, 4) is 0 Å². The first kappa shape index (κ1) is 15.8. The van der Waals surface area contributed by atoms with Crippen molar-refractivity contribution in [3.05, 3.63) is 52.6 Å². The highest BCUT2D eigenvalue weighted by atomic mass is 35.5. The fourth-order valence-corrected chi connectivity index (χ4v) is 2.72. The van der Waals surface area contributed by atoms with E-state index in [1.54, 1.807) is 0 Å². The summed E-state index contributed by atoms with van der Waals surface area (Å²) in [5.41, 5.74) is 0.132. The molecule has 1 aromatic carbocycles. The summed E-state index contributed by atoms with van der Waals surface area (Å²) in [7, 11) is 0. The van der Waals surface area contributed by atoms with Gasteiger partial charge in [-0.2, -0.15) is 8.78 Å². The molecule has 8 heteroatoms. The highest BCUT2D eigenvalue weighted by Gasteiger charge is 2.54. The molecule has 1 N–H and O–H groups in total. The van der Waals surface area contributed by atoms with E-state index in [-0.39, 0.29) is 23.1 Å². The normalized spacial score (nSPS) is 17.3. The summed E-state index contributed by atoms with van der Waals surface area (Å²) in [5, 5.41) is 9.75. The van der Waals surface area contributed by atoms with Crippen molar-refractivity contribution in [2.45, 2.75) is 25.5 Å². The SMILES string of the molecule is C[C@H](O)c1cccc2c1C(F)(F)C(=O)N2Cc1cnc(Cl)nc1. The zero-order valence-electron chi connectivity index (χ0n) is 12.0. The first-order chi connectivity index (χ1) is 10.8. The Morgan fingerprint density at radius 2 is 2.00 bits per heavy atom. The number of carbonyl (C=O) groups is 1. The number of aliphatic hydroxyl groups is 1. The van der Waals surface area contributed by atoms with Crippen LogP contribution in [0.4, 0.5) is 14.5 Å². The lowest BCUT2D eigenvalue weighted by molar-refractivity contribution is -0.141. The second-order valence-corrected chi connectivity index (χ2v) is 5.58. The Morgan fingerprint density at radius 3 is 2.61 bits per heavy atom. The van der Waals surface area contributed by atoms with E-state index >= 15 is 0 Å². The molecule has 23 heavy (non-hydrogen) atoms. The van der Waals surface area contributed by atoms with Crippen molar-refractivity contribution in [3.63, 3.8) is 0 Å². The fraction of sp³-hybridized carbons (Fsp3) is 0.267. The standard InChI is InChI=1S/C15H12ClF2N3O2/c1-8(22)10-3-2-4-11-12(10)15(17,18)13(23)21(11)7-9-5-19-14(16)20-6-9/h2-6,8,22H,7H2,1H3/t8-/m0/s1. The third kappa shape index (κ3) is 2.55. The van der Waals surface area contributed by atoms with E-state index in [2.05, 4.69) is 9.97 Å². The zero-order valence-corrected chi connectivity index (χ0v) is 12.8. The fourth-order valence-electron chi connectivity index (χ4n) is 2.62. The summed E-state index contributed by atoms with van der Waals surface area (Å²) in [6, 6.07) is 4.34. The maximum Gasteiger partial charge on any atom is 0.352 e. The number of fused-ring (bicyclic) bond motifs is 1. The summed E-state index contributed by atoms with van der Waals surface area (Å²) in [6.45, 7) is 1.27. The highest BCUT2D eigenvalue weighted by Crippen LogP contribution is 2.47. The number of benzene rings is 1. The van der Waals surface area contributed by atoms with E-state index in [1.165, 1.54) is 37.5 Å². The van der Waals surface area contributed by atoms with Crippen LogP contribution in [0.3, 0.4) is 0 Å². The summed E-state index contributed by atoms with van der Waals surface area (Å²) in [5.74, 6) is -5.02. The molecule has 120 valence electrons. The number of carbonyl (C=O) groups excluding carboxylic acids is 1. The van der Waals surface area contributed by atoms with Crippen LogP contribution in [0.15, 0.2) is 30.6 Å². The number of aromatic nitrogens is 2. The van der Waals surface area contributed by atoms with Crippen molar-refractivity contribution in [2.24, 2.45) is 0 Å². The summed E-state index contributed by atoms with van der Waals surface area (Å²) < 4.78 is 28.8. The van der Waals surface area contributed by atoms with Gasteiger partial charge in [0.2, 0.25) is 5.28 Å². The Morgan fingerprint density at radius 1 is 1.35 bits per heavy atom. The number of anilines is 1. The van der Waals surface area contributed by atoms with Gasteiger partial charge in [-0.1, -0.05) is 12.1 Å². The third-order valence-corrected chi connectivity index (χ3v) is 3.85. The molecule has 1 aliphatic heterocycles. The van der Waals surface area contributed by atoms with Crippen LogP contribution < -0.4 is 4.90 Å². The smallest absolute Gasteiger partial charge is 0.352 e. The molecule has 2 heterocycles.